The van der Waals surface area contributed by atoms with Gasteiger partial charge in [0.25, 0.3) is 0 Å². The van der Waals surface area contributed by atoms with Gasteiger partial charge < -0.3 is 5.32 Å². The fourth-order valence-electron chi connectivity index (χ4n) is 1.61. The van der Waals surface area contributed by atoms with Crippen LogP contribution in [0.4, 0.5) is 0 Å². The van der Waals surface area contributed by atoms with Gasteiger partial charge in [-0.2, -0.15) is 0 Å². The van der Waals surface area contributed by atoms with Gasteiger partial charge in [-0.1, -0.05) is 6.07 Å². The standard InChI is InChI=1S/C11H16N2OS/c1-9-3-2-4-13-11(9)8-15(14)7-10-5-12-6-10/h2-4,10,12H,5-8H2,1H3. The lowest BCUT2D eigenvalue weighted by Crippen LogP contribution is -2.44. The van der Waals surface area contributed by atoms with E-state index in [9.17, 15) is 4.21 Å². The molecule has 0 spiro atoms. The number of hydrogen-bond donors (Lipinski definition) is 1. The summed E-state index contributed by atoms with van der Waals surface area (Å²) in [5, 5.41) is 3.19. The fourth-order valence-corrected chi connectivity index (χ4v) is 3.10. The Morgan fingerprint density at radius 3 is 3.00 bits per heavy atom. The van der Waals surface area contributed by atoms with Gasteiger partial charge in [0.05, 0.1) is 11.4 Å². The molecule has 1 saturated heterocycles. The first-order valence-corrected chi connectivity index (χ1v) is 6.70. The summed E-state index contributed by atoms with van der Waals surface area (Å²) in [6.45, 7) is 4.06. The molecule has 0 aliphatic carbocycles. The van der Waals surface area contributed by atoms with E-state index >= 15 is 0 Å². The Labute approximate surface area is 92.8 Å². The van der Waals surface area contributed by atoms with Crippen molar-refractivity contribution < 1.29 is 4.21 Å². The summed E-state index contributed by atoms with van der Waals surface area (Å²) in [5.41, 5.74) is 2.11. The Morgan fingerprint density at radius 1 is 1.60 bits per heavy atom. The first-order chi connectivity index (χ1) is 7.25. The van der Waals surface area contributed by atoms with E-state index in [-0.39, 0.29) is 0 Å². The maximum atomic E-state index is 11.8. The molecule has 3 nitrogen and oxygen atoms in total. The molecule has 1 fully saturated rings. The SMILES string of the molecule is Cc1cccnc1CS(=O)CC1CNC1. The highest BCUT2D eigenvalue weighted by molar-refractivity contribution is 7.84. The highest BCUT2D eigenvalue weighted by Crippen LogP contribution is 2.10. The number of aromatic nitrogens is 1. The smallest absolute Gasteiger partial charge is 0.0661 e. The van der Waals surface area contributed by atoms with E-state index in [4.69, 9.17) is 0 Å². The molecule has 15 heavy (non-hydrogen) atoms. The molecule has 1 aromatic rings. The van der Waals surface area contributed by atoms with Crippen molar-refractivity contribution in [1.29, 1.82) is 0 Å². The van der Waals surface area contributed by atoms with Gasteiger partial charge in [0.2, 0.25) is 0 Å². The molecule has 1 unspecified atom stereocenters. The predicted molar refractivity (Wildman–Crippen MR) is 62.0 cm³/mol. The second-order valence-corrected chi connectivity index (χ2v) is 5.54. The molecule has 1 N–H and O–H groups in total. The Kier molecular flexibility index (Phi) is 3.49. The Hall–Kier alpha value is -0.740. The minimum absolute atomic E-state index is 0.600. The van der Waals surface area contributed by atoms with Crippen molar-refractivity contribution in [2.24, 2.45) is 5.92 Å². The molecular formula is C11H16N2OS. The number of hydrogen-bond acceptors (Lipinski definition) is 3. The largest absolute Gasteiger partial charge is 0.316 e. The molecule has 0 bridgehead atoms. The lowest BCUT2D eigenvalue weighted by atomic mass is 10.1. The van der Waals surface area contributed by atoms with Crippen molar-refractivity contribution in [2.75, 3.05) is 18.8 Å². The van der Waals surface area contributed by atoms with Crippen LogP contribution >= 0.6 is 0 Å². The van der Waals surface area contributed by atoms with Crippen LogP contribution in [0.15, 0.2) is 18.3 Å². The maximum Gasteiger partial charge on any atom is 0.0661 e. The minimum atomic E-state index is -0.763. The zero-order chi connectivity index (χ0) is 10.7. The molecule has 4 heteroatoms. The summed E-state index contributed by atoms with van der Waals surface area (Å²) in [4.78, 5) is 4.26. The number of rotatable bonds is 4. The fraction of sp³-hybridized carbons (Fsp3) is 0.545. The van der Waals surface area contributed by atoms with Crippen LogP contribution in [0, 0.1) is 12.8 Å². The third kappa shape index (κ3) is 2.86. The van der Waals surface area contributed by atoms with Crippen LogP contribution in [0.5, 0.6) is 0 Å². The van der Waals surface area contributed by atoms with Gasteiger partial charge in [-0.25, -0.2) is 0 Å². The zero-order valence-corrected chi connectivity index (χ0v) is 9.72. The summed E-state index contributed by atoms with van der Waals surface area (Å²) in [6, 6.07) is 3.93. The Bertz CT molecular complexity index is 363. The van der Waals surface area contributed by atoms with Crippen molar-refractivity contribution >= 4 is 10.8 Å². The van der Waals surface area contributed by atoms with Crippen LogP contribution in [-0.4, -0.2) is 28.0 Å². The van der Waals surface area contributed by atoms with E-state index in [1.54, 1.807) is 6.20 Å². The van der Waals surface area contributed by atoms with E-state index in [1.807, 2.05) is 19.1 Å². The van der Waals surface area contributed by atoms with E-state index in [0.717, 1.165) is 30.1 Å². The number of nitrogens with one attached hydrogen (secondary N) is 1. The summed E-state index contributed by atoms with van der Waals surface area (Å²) in [5.74, 6) is 2.02. The van der Waals surface area contributed by atoms with Gasteiger partial charge in [-0.05, 0) is 24.5 Å². The highest BCUT2D eigenvalue weighted by Gasteiger charge is 2.19. The molecule has 82 valence electrons. The average molecular weight is 224 g/mol. The molecule has 1 aliphatic rings. The third-order valence-electron chi connectivity index (χ3n) is 2.70. The number of nitrogens with zero attached hydrogens (tertiary/aromatic N) is 1. The average Bonchev–Trinajstić information content (AvgIpc) is 2.16. The van der Waals surface area contributed by atoms with Gasteiger partial charge in [0.1, 0.15) is 0 Å². The van der Waals surface area contributed by atoms with Gasteiger partial charge >= 0.3 is 0 Å². The first kappa shape index (κ1) is 10.8. The van der Waals surface area contributed by atoms with Crippen molar-refractivity contribution in [1.82, 2.24) is 10.3 Å². The number of aryl methyl sites for hydroxylation is 1. The molecule has 1 aromatic heterocycles. The third-order valence-corrected chi connectivity index (χ3v) is 4.14. The van der Waals surface area contributed by atoms with Crippen LogP contribution in [0.1, 0.15) is 11.3 Å². The zero-order valence-electron chi connectivity index (χ0n) is 8.90. The maximum absolute atomic E-state index is 11.8. The summed E-state index contributed by atoms with van der Waals surface area (Å²) < 4.78 is 11.8. The summed E-state index contributed by atoms with van der Waals surface area (Å²) in [7, 11) is -0.763. The molecule has 0 radical (unpaired) electrons. The lowest BCUT2D eigenvalue weighted by molar-refractivity contribution is 0.382. The van der Waals surface area contributed by atoms with E-state index in [2.05, 4.69) is 10.3 Å². The molecule has 2 heterocycles. The highest BCUT2D eigenvalue weighted by atomic mass is 32.2. The Morgan fingerprint density at radius 2 is 2.40 bits per heavy atom. The second-order valence-electron chi connectivity index (χ2n) is 4.04. The van der Waals surface area contributed by atoms with Crippen molar-refractivity contribution in [3.63, 3.8) is 0 Å². The molecular weight excluding hydrogens is 208 g/mol. The van der Waals surface area contributed by atoms with Gasteiger partial charge in [0, 0.05) is 35.8 Å². The van der Waals surface area contributed by atoms with Crippen molar-refractivity contribution in [2.45, 2.75) is 12.7 Å². The quantitative estimate of drug-likeness (QED) is 0.824. The van der Waals surface area contributed by atoms with Crippen LogP contribution in [0.25, 0.3) is 0 Å². The summed E-state index contributed by atoms with van der Waals surface area (Å²) >= 11 is 0. The van der Waals surface area contributed by atoms with Crippen LogP contribution in [0.2, 0.25) is 0 Å². The van der Waals surface area contributed by atoms with Crippen molar-refractivity contribution in [3.8, 4) is 0 Å². The first-order valence-electron chi connectivity index (χ1n) is 5.22. The van der Waals surface area contributed by atoms with E-state index < -0.39 is 10.8 Å². The van der Waals surface area contributed by atoms with Gasteiger partial charge in [-0.3, -0.25) is 9.19 Å². The minimum Gasteiger partial charge on any atom is -0.316 e. The van der Waals surface area contributed by atoms with Crippen LogP contribution < -0.4 is 5.32 Å². The van der Waals surface area contributed by atoms with Gasteiger partial charge in [0.15, 0.2) is 0 Å². The van der Waals surface area contributed by atoms with Crippen LogP contribution in [0.3, 0.4) is 0 Å². The molecule has 0 saturated carbocycles. The predicted octanol–water partition coefficient (Wildman–Crippen LogP) is 0.858. The lowest BCUT2D eigenvalue weighted by Gasteiger charge is -2.26. The van der Waals surface area contributed by atoms with Crippen molar-refractivity contribution in [3.05, 3.63) is 29.6 Å². The molecule has 2 rings (SSSR count). The molecule has 1 aliphatic heterocycles. The monoisotopic (exact) mass is 224 g/mol. The van der Waals surface area contributed by atoms with Gasteiger partial charge in [-0.15, -0.1) is 0 Å². The summed E-state index contributed by atoms with van der Waals surface area (Å²) in [6.07, 6.45) is 1.77. The molecule has 1 atom stereocenters. The molecule has 0 aromatic carbocycles. The normalized spacial score (nSPS) is 18.5. The number of pyridine rings is 1. The van der Waals surface area contributed by atoms with E-state index in [1.165, 1.54) is 0 Å². The molecule has 0 amide bonds. The van der Waals surface area contributed by atoms with Crippen LogP contribution in [-0.2, 0) is 16.6 Å². The van der Waals surface area contributed by atoms with E-state index in [0.29, 0.717) is 11.7 Å². The Balaban J connectivity index is 1.90. The second kappa shape index (κ2) is 4.86. The topological polar surface area (TPSA) is 42.0 Å².